The van der Waals surface area contributed by atoms with Crippen molar-refractivity contribution in [1.82, 2.24) is 4.90 Å². The molecule has 3 heteroatoms. The van der Waals surface area contributed by atoms with E-state index in [0.717, 1.165) is 31.3 Å². The Morgan fingerprint density at radius 2 is 1.89 bits per heavy atom. The van der Waals surface area contributed by atoms with Crippen LogP contribution in [-0.2, 0) is 4.79 Å². The second kappa shape index (κ2) is 6.05. The first-order chi connectivity index (χ1) is 8.60. The monoisotopic (exact) mass is 252 g/mol. The minimum Gasteiger partial charge on any atom is -0.342 e. The van der Waals surface area contributed by atoms with Gasteiger partial charge in [-0.1, -0.05) is 20.3 Å². The van der Waals surface area contributed by atoms with E-state index in [1.807, 2.05) is 0 Å². The summed E-state index contributed by atoms with van der Waals surface area (Å²) in [4.78, 5) is 14.4. The Hall–Kier alpha value is -0.570. The van der Waals surface area contributed by atoms with Crippen LogP contribution < -0.4 is 5.73 Å². The van der Waals surface area contributed by atoms with E-state index < -0.39 is 0 Å². The highest BCUT2D eigenvalue weighted by atomic mass is 16.2. The largest absolute Gasteiger partial charge is 0.342 e. The van der Waals surface area contributed by atoms with Gasteiger partial charge >= 0.3 is 0 Å². The maximum Gasteiger partial charge on any atom is 0.222 e. The van der Waals surface area contributed by atoms with E-state index in [1.165, 1.54) is 19.3 Å². The molecule has 0 aromatic carbocycles. The maximum atomic E-state index is 12.3. The second-order valence-corrected chi connectivity index (χ2v) is 6.69. The Morgan fingerprint density at radius 1 is 1.28 bits per heavy atom. The summed E-state index contributed by atoms with van der Waals surface area (Å²) in [6.07, 6.45) is 5.77. The fourth-order valence-corrected chi connectivity index (χ4v) is 3.74. The molecular formula is C15H28N2O. The third-order valence-electron chi connectivity index (χ3n) is 4.68. The van der Waals surface area contributed by atoms with Crippen molar-refractivity contribution < 1.29 is 4.79 Å². The highest BCUT2D eigenvalue weighted by Gasteiger charge is 2.38. The van der Waals surface area contributed by atoms with Gasteiger partial charge < -0.3 is 10.6 Å². The van der Waals surface area contributed by atoms with Crippen LogP contribution in [0, 0.1) is 23.7 Å². The number of likely N-dealkylation sites (tertiary alicyclic amines) is 1. The first-order valence-electron chi connectivity index (χ1n) is 7.58. The Kier molecular flexibility index (Phi) is 4.66. The smallest absolute Gasteiger partial charge is 0.222 e. The molecular weight excluding hydrogens is 224 g/mol. The predicted octanol–water partition coefficient (Wildman–Crippen LogP) is 2.26. The summed E-state index contributed by atoms with van der Waals surface area (Å²) in [7, 11) is 0. The van der Waals surface area contributed by atoms with Crippen molar-refractivity contribution >= 4 is 5.91 Å². The molecule has 2 rings (SSSR count). The van der Waals surface area contributed by atoms with Crippen LogP contribution in [0.1, 0.15) is 46.0 Å². The Labute approximate surface area is 111 Å². The average Bonchev–Trinajstić information content (AvgIpc) is 2.87. The first-order valence-corrected chi connectivity index (χ1v) is 7.58. The van der Waals surface area contributed by atoms with Gasteiger partial charge in [-0.2, -0.15) is 0 Å². The van der Waals surface area contributed by atoms with Crippen LogP contribution in [0.25, 0.3) is 0 Å². The van der Waals surface area contributed by atoms with Gasteiger partial charge in [0.25, 0.3) is 0 Å². The third kappa shape index (κ3) is 3.25. The van der Waals surface area contributed by atoms with Gasteiger partial charge in [0.15, 0.2) is 0 Å². The molecule has 0 radical (unpaired) electrons. The zero-order chi connectivity index (χ0) is 13.1. The molecule has 104 valence electrons. The van der Waals surface area contributed by atoms with Gasteiger partial charge in [0, 0.05) is 19.5 Å². The molecule has 0 bridgehead atoms. The highest BCUT2D eigenvalue weighted by Crippen LogP contribution is 2.38. The minimum absolute atomic E-state index is 0.348. The number of hydrogen-bond donors (Lipinski definition) is 1. The van der Waals surface area contributed by atoms with Crippen molar-refractivity contribution in [3.63, 3.8) is 0 Å². The van der Waals surface area contributed by atoms with Gasteiger partial charge in [0.1, 0.15) is 0 Å². The molecule has 1 aliphatic carbocycles. The fraction of sp³-hybridized carbons (Fsp3) is 0.933. The molecule has 2 N–H and O–H groups in total. The van der Waals surface area contributed by atoms with E-state index in [-0.39, 0.29) is 0 Å². The quantitative estimate of drug-likeness (QED) is 0.816. The molecule has 2 unspecified atom stereocenters. The topological polar surface area (TPSA) is 46.3 Å². The number of hydrogen-bond acceptors (Lipinski definition) is 2. The van der Waals surface area contributed by atoms with Gasteiger partial charge in [-0.05, 0) is 49.5 Å². The van der Waals surface area contributed by atoms with Crippen molar-refractivity contribution in [1.29, 1.82) is 0 Å². The summed E-state index contributed by atoms with van der Waals surface area (Å²) < 4.78 is 0. The highest BCUT2D eigenvalue weighted by molar-refractivity contribution is 5.76. The van der Waals surface area contributed by atoms with E-state index >= 15 is 0 Å². The molecule has 3 atom stereocenters. The summed E-state index contributed by atoms with van der Waals surface area (Å²) in [6.45, 7) is 7.08. The van der Waals surface area contributed by atoms with Crippen molar-refractivity contribution in [3.8, 4) is 0 Å². The summed E-state index contributed by atoms with van der Waals surface area (Å²) in [6, 6.07) is 0. The molecule has 3 nitrogen and oxygen atoms in total. The van der Waals surface area contributed by atoms with Crippen LogP contribution in [-0.4, -0.2) is 30.4 Å². The van der Waals surface area contributed by atoms with Gasteiger partial charge in [0.2, 0.25) is 5.91 Å². The van der Waals surface area contributed by atoms with Crippen LogP contribution in [0.2, 0.25) is 0 Å². The van der Waals surface area contributed by atoms with E-state index in [1.54, 1.807) is 0 Å². The summed E-state index contributed by atoms with van der Waals surface area (Å²) in [5.74, 6) is 2.95. The molecule has 1 saturated heterocycles. The molecule has 2 aliphatic rings. The Morgan fingerprint density at radius 3 is 2.39 bits per heavy atom. The molecule has 1 heterocycles. The van der Waals surface area contributed by atoms with Crippen LogP contribution in [0.15, 0.2) is 0 Å². The average molecular weight is 252 g/mol. The SMILES string of the molecule is CC(C)C[C@H](CN)CC(=O)N1CC2CCCC2C1. The molecule has 1 amide bonds. The van der Waals surface area contributed by atoms with Crippen LogP contribution in [0.5, 0.6) is 0 Å². The van der Waals surface area contributed by atoms with Gasteiger partial charge in [-0.3, -0.25) is 4.79 Å². The van der Waals surface area contributed by atoms with Crippen LogP contribution in [0.3, 0.4) is 0 Å². The first kappa shape index (κ1) is 13.9. The Balaban J connectivity index is 1.81. The van der Waals surface area contributed by atoms with E-state index in [0.29, 0.717) is 30.7 Å². The molecule has 0 spiro atoms. The second-order valence-electron chi connectivity index (χ2n) is 6.69. The number of amides is 1. The van der Waals surface area contributed by atoms with E-state index in [4.69, 9.17) is 5.73 Å². The molecule has 1 saturated carbocycles. The van der Waals surface area contributed by atoms with E-state index in [2.05, 4.69) is 18.7 Å². The molecule has 2 fully saturated rings. The molecule has 0 aromatic rings. The zero-order valence-electron chi connectivity index (χ0n) is 11.9. The maximum absolute atomic E-state index is 12.3. The lowest BCUT2D eigenvalue weighted by molar-refractivity contribution is -0.131. The van der Waals surface area contributed by atoms with E-state index in [9.17, 15) is 4.79 Å². The van der Waals surface area contributed by atoms with Gasteiger partial charge in [-0.15, -0.1) is 0 Å². The van der Waals surface area contributed by atoms with Crippen LogP contribution in [0.4, 0.5) is 0 Å². The third-order valence-corrected chi connectivity index (χ3v) is 4.68. The summed E-state index contributed by atoms with van der Waals surface area (Å²) in [5.41, 5.74) is 5.79. The lowest BCUT2D eigenvalue weighted by Crippen LogP contribution is -2.32. The molecule has 0 aromatic heterocycles. The fourth-order valence-electron chi connectivity index (χ4n) is 3.74. The van der Waals surface area contributed by atoms with Gasteiger partial charge in [0.05, 0.1) is 0 Å². The zero-order valence-corrected chi connectivity index (χ0v) is 11.9. The van der Waals surface area contributed by atoms with Gasteiger partial charge in [-0.25, -0.2) is 0 Å². The van der Waals surface area contributed by atoms with Crippen molar-refractivity contribution in [3.05, 3.63) is 0 Å². The normalized spacial score (nSPS) is 28.8. The molecule has 18 heavy (non-hydrogen) atoms. The molecule has 1 aliphatic heterocycles. The number of carbonyl (C=O) groups is 1. The number of carbonyl (C=O) groups excluding carboxylic acids is 1. The number of rotatable bonds is 5. The van der Waals surface area contributed by atoms with Crippen molar-refractivity contribution in [2.24, 2.45) is 29.4 Å². The summed E-state index contributed by atoms with van der Waals surface area (Å²) in [5, 5.41) is 0. The standard InChI is InChI=1S/C15H28N2O/c1-11(2)6-12(8-16)7-15(18)17-9-13-4-3-5-14(13)10-17/h11-14H,3-10,16H2,1-2H3/t12-,13?,14?/m0/s1. The van der Waals surface area contributed by atoms with Crippen molar-refractivity contribution in [2.75, 3.05) is 19.6 Å². The Bertz CT molecular complexity index is 278. The number of fused-ring (bicyclic) bond motifs is 1. The van der Waals surface area contributed by atoms with Crippen molar-refractivity contribution in [2.45, 2.75) is 46.0 Å². The number of nitrogens with two attached hydrogens (primary N) is 1. The predicted molar refractivity (Wildman–Crippen MR) is 74.0 cm³/mol. The summed E-state index contributed by atoms with van der Waals surface area (Å²) >= 11 is 0. The lowest BCUT2D eigenvalue weighted by atomic mass is 9.94. The minimum atomic E-state index is 0.348. The lowest BCUT2D eigenvalue weighted by Gasteiger charge is -2.22. The number of nitrogens with zero attached hydrogens (tertiary/aromatic N) is 1. The van der Waals surface area contributed by atoms with Crippen LogP contribution >= 0.6 is 0 Å².